The number of hydrogen-bond acceptors (Lipinski definition) is 5. The molecule has 0 radical (unpaired) electrons. The van der Waals surface area contributed by atoms with Gasteiger partial charge in [0.2, 0.25) is 0 Å². The Morgan fingerprint density at radius 3 is 2.56 bits per heavy atom. The number of carbonyl (C=O) groups excluding carboxylic acids is 1. The first-order valence-corrected chi connectivity index (χ1v) is 12.0. The second-order valence-electron chi connectivity index (χ2n) is 9.37. The van der Waals surface area contributed by atoms with Crippen molar-refractivity contribution in [3.63, 3.8) is 0 Å². The number of hydrogen-bond donors (Lipinski definition) is 2. The van der Waals surface area contributed by atoms with E-state index >= 15 is 0 Å². The predicted molar refractivity (Wildman–Crippen MR) is 136 cm³/mol. The molecule has 0 saturated heterocycles. The number of ether oxygens (including phenoxy) is 1. The van der Waals surface area contributed by atoms with Gasteiger partial charge in [-0.2, -0.15) is 0 Å². The van der Waals surface area contributed by atoms with Crippen molar-refractivity contribution in [1.29, 1.82) is 0 Å². The van der Waals surface area contributed by atoms with E-state index in [1.165, 1.54) is 11.6 Å². The Bertz CT molecular complexity index is 822. The van der Waals surface area contributed by atoms with Crippen LogP contribution in [0.4, 0.5) is 0 Å². The number of carbonyl (C=O) groups is 1. The van der Waals surface area contributed by atoms with Crippen LogP contribution in [0.2, 0.25) is 0 Å². The molecule has 0 saturated carbocycles. The minimum atomic E-state index is -0.967. The fourth-order valence-electron chi connectivity index (χ4n) is 3.36. The maximum Gasteiger partial charge on any atom is 0.174 e. The highest BCUT2D eigenvalue weighted by molar-refractivity contribution is 9.10. The average molecular weight is 511 g/mol. The topological polar surface area (TPSA) is 70.0 Å². The first-order valence-electron chi connectivity index (χ1n) is 11.2. The van der Waals surface area contributed by atoms with Gasteiger partial charge in [-0.25, -0.2) is 0 Å². The molecule has 0 amide bonds. The van der Waals surface area contributed by atoms with Gasteiger partial charge in [-0.1, -0.05) is 24.6 Å². The molecule has 32 heavy (non-hydrogen) atoms. The van der Waals surface area contributed by atoms with E-state index in [0.29, 0.717) is 5.75 Å². The number of nitrogens with zero attached hydrogens (tertiary/aromatic N) is 1. The van der Waals surface area contributed by atoms with Gasteiger partial charge < -0.3 is 19.8 Å². The fraction of sp³-hybridized carbons (Fsp3) is 0.577. The molecular weight excluding hydrogens is 470 g/mol. The van der Waals surface area contributed by atoms with E-state index in [4.69, 9.17) is 4.74 Å². The molecule has 0 aliphatic carbocycles. The van der Waals surface area contributed by atoms with Gasteiger partial charge >= 0.3 is 0 Å². The number of phenols is 1. The van der Waals surface area contributed by atoms with E-state index in [0.717, 1.165) is 54.2 Å². The van der Waals surface area contributed by atoms with Gasteiger partial charge in [0.05, 0.1) is 17.2 Å². The van der Waals surface area contributed by atoms with Crippen LogP contribution in [-0.4, -0.2) is 54.2 Å². The van der Waals surface area contributed by atoms with Gasteiger partial charge in [-0.05, 0) is 106 Å². The molecule has 0 spiro atoms. The van der Waals surface area contributed by atoms with Crippen LogP contribution in [0.5, 0.6) is 11.5 Å². The van der Waals surface area contributed by atoms with E-state index in [9.17, 15) is 15.0 Å². The number of phenolic OH excluding ortho intramolecular Hbond substituents is 1. The maximum absolute atomic E-state index is 12.2. The van der Waals surface area contributed by atoms with Crippen LogP contribution in [-0.2, 0) is 17.6 Å². The lowest BCUT2D eigenvalue weighted by Gasteiger charge is -2.17. The van der Waals surface area contributed by atoms with Crippen LogP contribution in [0.15, 0.2) is 34.3 Å². The van der Waals surface area contributed by atoms with Crippen molar-refractivity contribution < 1.29 is 19.7 Å². The molecule has 0 unspecified atom stereocenters. The molecular formula is C26H40BrNO4. The number of aromatic hydroxyl groups is 1. The first kappa shape index (κ1) is 28.4. The molecule has 5 nitrogen and oxygen atoms in total. The van der Waals surface area contributed by atoms with Crippen molar-refractivity contribution in [2.75, 3.05) is 27.7 Å². The molecule has 1 rings (SSSR count). The Morgan fingerprint density at radius 1 is 1.34 bits per heavy atom. The van der Waals surface area contributed by atoms with E-state index in [1.807, 2.05) is 21.0 Å². The number of methoxy groups -OCH3 is 1. The lowest BCUT2D eigenvalue weighted by atomic mass is 9.95. The van der Waals surface area contributed by atoms with Crippen LogP contribution in [0.25, 0.3) is 0 Å². The van der Waals surface area contributed by atoms with Gasteiger partial charge in [0.1, 0.15) is 0 Å². The molecule has 0 aliphatic rings. The molecule has 1 atom stereocenters. The van der Waals surface area contributed by atoms with Gasteiger partial charge in [0.25, 0.3) is 0 Å². The zero-order valence-corrected chi connectivity index (χ0v) is 22.3. The molecule has 2 N–H and O–H groups in total. The molecule has 6 heteroatoms. The number of benzene rings is 1. The maximum atomic E-state index is 12.2. The number of likely N-dealkylation sites (N-methyl/N-ethyl adjacent to an activating group) is 1. The summed E-state index contributed by atoms with van der Waals surface area (Å²) < 4.78 is 6.18. The normalized spacial score (nSPS) is 13.8. The largest absolute Gasteiger partial charge is 0.504 e. The summed E-state index contributed by atoms with van der Waals surface area (Å²) in [7, 11) is 5.65. The summed E-state index contributed by atoms with van der Waals surface area (Å²) >= 11 is 3.62. The summed E-state index contributed by atoms with van der Waals surface area (Å²) in [5.41, 5.74) is 2.53. The van der Waals surface area contributed by atoms with Crippen molar-refractivity contribution in [2.24, 2.45) is 5.92 Å². The highest BCUT2D eigenvalue weighted by Crippen LogP contribution is 2.39. The quantitative estimate of drug-likeness (QED) is 0.273. The summed E-state index contributed by atoms with van der Waals surface area (Å²) in [4.78, 5) is 14.3. The lowest BCUT2D eigenvalue weighted by molar-refractivity contribution is -0.118. The number of ketones is 1. The van der Waals surface area contributed by atoms with Gasteiger partial charge in [0.15, 0.2) is 17.3 Å². The second-order valence-corrected chi connectivity index (χ2v) is 10.2. The van der Waals surface area contributed by atoms with Crippen LogP contribution in [0.3, 0.4) is 0 Å². The molecule has 0 aliphatic heterocycles. The Balaban J connectivity index is 2.77. The van der Waals surface area contributed by atoms with E-state index in [2.05, 4.69) is 33.8 Å². The molecule has 1 aromatic rings. The lowest BCUT2D eigenvalue weighted by Crippen LogP contribution is -2.16. The zero-order valence-electron chi connectivity index (χ0n) is 20.7. The average Bonchev–Trinajstić information content (AvgIpc) is 2.69. The summed E-state index contributed by atoms with van der Waals surface area (Å²) in [5, 5.41) is 20.1. The summed E-state index contributed by atoms with van der Waals surface area (Å²) in [6.07, 6.45) is 9.48. The Kier molecular flexibility index (Phi) is 11.7. The molecule has 0 aromatic heterocycles. The summed E-state index contributed by atoms with van der Waals surface area (Å²) in [6, 6.07) is 1.80. The van der Waals surface area contributed by atoms with Crippen molar-refractivity contribution in [1.82, 2.24) is 4.90 Å². The molecule has 0 fully saturated rings. The molecule has 0 bridgehead atoms. The summed E-state index contributed by atoms with van der Waals surface area (Å²) in [6.45, 7) is 8.25. The van der Waals surface area contributed by atoms with Crippen molar-refractivity contribution in [3.05, 3.63) is 45.5 Å². The molecule has 180 valence electrons. The number of aliphatic hydroxyl groups is 1. The van der Waals surface area contributed by atoms with Crippen molar-refractivity contribution in [2.45, 2.75) is 65.4 Å². The second kappa shape index (κ2) is 13.2. The Hall–Kier alpha value is -1.63. The van der Waals surface area contributed by atoms with E-state index in [1.54, 1.807) is 33.1 Å². The monoisotopic (exact) mass is 509 g/mol. The third kappa shape index (κ3) is 9.88. The molecule has 0 heterocycles. The van der Waals surface area contributed by atoms with Gasteiger partial charge in [0, 0.05) is 12.5 Å². The highest BCUT2D eigenvalue weighted by atomic mass is 79.9. The van der Waals surface area contributed by atoms with Crippen LogP contribution >= 0.6 is 15.9 Å². The van der Waals surface area contributed by atoms with Crippen LogP contribution in [0.1, 0.15) is 58.1 Å². The fourth-order valence-corrected chi connectivity index (χ4v) is 4.17. The zero-order chi connectivity index (χ0) is 24.5. The SMILES string of the molecule is COc1c(O)cc(CC=C(C)CCC[C@@H](C)C(=O)C=CC(C)(C)O)c(CCN(C)C)c1Br. The Morgan fingerprint density at radius 2 is 2.00 bits per heavy atom. The predicted octanol–water partition coefficient (Wildman–Crippen LogP) is 5.46. The van der Waals surface area contributed by atoms with E-state index < -0.39 is 5.60 Å². The summed E-state index contributed by atoms with van der Waals surface area (Å²) in [5.74, 6) is 0.604. The van der Waals surface area contributed by atoms with Gasteiger partial charge in [-0.15, -0.1) is 0 Å². The van der Waals surface area contributed by atoms with Crippen LogP contribution < -0.4 is 4.74 Å². The van der Waals surface area contributed by atoms with Crippen molar-refractivity contribution >= 4 is 21.7 Å². The van der Waals surface area contributed by atoms with Crippen LogP contribution in [0, 0.1) is 5.92 Å². The smallest absolute Gasteiger partial charge is 0.174 e. The number of rotatable bonds is 13. The minimum absolute atomic E-state index is 0.0536. The Labute approximate surface area is 202 Å². The van der Waals surface area contributed by atoms with E-state index in [-0.39, 0.29) is 17.5 Å². The highest BCUT2D eigenvalue weighted by Gasteiger charge is 2.17. The number of allylic oxidation sites excluding steroid dienone is 3. The molecule has 1 aromatic carbocycles. The van der Waals surface area contributed by atoms with Crippen molar-refractivity contribution in [3.8, 4) is 11.5 Å². The minimum Gasteiger partial charge on any atom is -0.504 e. The van der Waals surface area contributed by atoms with Gasteiger partial charge in [-0.3, -0.25) is 4.79 Å². The standard InChI is InChI=1S/C26H40BrNO4/c1-18(9-8-10-19(2)22(29)13-15-26(3,4)31)11-12-20-17-23(30)25(32-7)24(27)21(20)14-16-28(5)6/h11,13,15,17,19,30-31H,8-10,12,14,16H2,1-7H3/t19-/m1/s1. The third-order valence-electron chi connectivity index (χ3n) is 5.43. The first-order chi connectivity index (χ1) is 14.9. The number of halogens is 1. The third-order valence-corrected chi connectivity index (χ3v) is 6.27.